The number of nitrogens with one attached hydrogen (secondary N) is 1. The summed E-state index contributed by atoms with van der Waals surface area (Å²) in [5.74, 6) is 0. The van der Waals surface area contributed by atoms with Crippen LogP contribution in [0.25, 0.3) is 0 Å². The van der Waals surface area contributed by atoms with Gasteiger partial charge in [0, 0.05) is 0 Å². The van der Waals surface area contributed by atoms with Crippen molar-refractivity contribution in [3.63, 3.8) is 0 Å². The van der Waals surface area contributed by atoms with Crippen molar-refractivity contribution < 1.29 is 0 Å². The second kappa shape index (κ2) is 5.36. The Kier molecular flexibility index (Phi) is 4.05. The van der Waals surface area contributed by atoms with Crippen LogP contribution in [0.15, 0.2) is 36.4 Å². The molecule has 0 spiro atoms. The van der Waals surface area contributed by atoms with Crippen LogP contribution in [0, 0.1) is 0 Å². The van der Waals surface area contributed by atoms with Gasteiger partial charge in [0.25, 0.3) is 0 Å². The van der Waals surface area contributed by atoms with Crippen LogP contribution in [-0.2, 0) is 0 Å². The normalized spacial score (nSPS) is 10.4. The molecule has 1 N–H and O–H groups in total. The van der Waals surface area contributed by atoms with E-state index in [0.717, 1.165) is 0 Å². The molecule has 1 nitrogen and oxygen atoms in total. The van der Waals surface area contributed by atoms with Gasteiger partial charge in [0.1, 0.15) is 0 Å². The van der Waals surface area contributed by atoms with Gasteiger partial charge in [-0.3, -0.25) is 0 Å². The standard InChI is InChI=1S/C12H7Cl4N/c13-7-3-1-5-9(11(7)15)17-10-6-2-4-8(14)12(10)16/h1-6,17H. The Labute approximate surface area is 119 Å². The predicted molar refractivity (Wildman–Crippen MR) is 76.2 cm³/mol. The number of hydrogen-bond acceptors (Lipinski definition) is 1. The molecule has 0 aliphatic heterocycles. The van der Waals surface area contributed by atoms with Gasteiger partial charge in [0.15, 0.2) is 0 Å². The fraction of sp³-hybridized carbons (Fsp3) is 0. The van der Waals surface area contributed by atoms with Crippen molar-refractivity contribution in [1.29, 1.82) is 0 Å². The number of halogens is 4. The van der Waals surface area contributed by atoms with Crippen LogP contribution in [0.1, 0.15) is 0 Å². The summed E-state index contributed by atoms with van der Waals surface area (Å²) in [7, 11) is 0. The van der Waals surface area contributed by atoms with Crippen molar-refractivity contribution in [3.8, 4) is 0 Å². The molecule has 0 radical (unpaired) electrons. The zero-order chi connectivity index (χ0) is 12.4. The van der Waals surface area contributed by atoms with E-state index in [1.165, 1.54) is 0 Å². The van der Waals surface area contributed by atoms with E-state index in [1.807, 2.05) is 12.1 Å². The predicted octanol–water partition coefficient (Wildman–Crippen LogP) is 6.04. The zero-order valence-electron chi connectivity index (χ0n) is 8.48. The maximum absolute atomic E-state index is 6.06. The van der Waals surface area contributed by atoms with Crippen molar-refractivity contribution in [1.82, 2.24) is 0 Å². The lowest BCUT2D eigenvalue weighted by atomic mass is 10.2. The molecule has 17 heavy (non-hydrogen) atoms. The fourth-order valence-corrected chi connectivity index (χ4v) is 2.04. The van der Waals surface area contributed by atoms with Crippen LogP contribution in [-0.4, -0.2) is 0 Å². The third kappa shape index (κ3) is 2.80. The highest BCUT2D eigenvalue weighted by Crippen LogP contribution is 2.36. The summed E-state index contributed by atoms with van der Waals surface area (Å²) < 4.78 is 0. The van der Waals surface area contributed by atoms with E-state index in [2.05, 4.69) is 5.32 Å². The van der Waals surface area contributed by atoms with Gasteiger partial charge in [-0.05, 0) is 24.3 Å². The molecule has 0 atom stereocenters. The molecule has 0 saturated heterocycles. The summed E-state index contributed by atoms with van der Waals surface area (Å²) in [5, 5.41) is 4.95. The number of benzene rings is 2. The van der Waals surface area contributed by atoms with Crippen LogP contribution >= 0.6 is 46.4 Å². The molecule has 88 valence electrons. The Balaban J connectivity index is 2.38. The van der Waals surface area contributed by atoms with Gasteiger partial charge in [-0.15, -0.1) is 0 Å². The smallest absolute Gasteiger partial charge is 0.0827 e. The van der Waals surface area contributed by atoms with Crippen LogP contribution in [0.2, 0.25) is 20.1 Å². The molecule has 2 aromatic carbocycles. The van der Waals surface area contributed by atoms with Crippen molar-refractivity contribution in [3.05, 3.63) is 56.5 Å². The summed E-state index contributed by atoms with van der Waals surface area (Å²) in [6.07, 6.45) is 0. The Morgan fingerprint density at radius 3 is 1.47 bits per heavy atom. The van der Waals surface area contributed by atoms with Gasteiger partial charge in [-0.25, -0.2) is 0 Å². The average molecular weight is 307 g/mol. The SMILES string of the molecule is Clc1cccc(Nc2cccc(Cl)c2Cl)c1Cl. The Morgan fingerprint density at radius 2 is 1.06 bits per heavy atom. The molecular weight excluding hydrogens is 300 g/mol. The Bertz CT molecular complexity index is 505. The van der Waals surface area contributed by atoms with Crippen LogP contribution < -0.4 is 5.32 Å². The maximum Gasteiger partial charge on any atom is 0.0827 e. The van der Waals surface area contributed by atoms with Crippen LogP contribution in [0.4, 0.5) is 11.4 Å². The highest BCUT2D eigenvalue weighted by atomic mass is 35.5. The molecule has 0 saturated carbocycles. The van der Waals surface area contributed by atoms with Gasteiger partial charge in [-0.2, -0.15) is 0 Å². The van der Waals surface area contributed by atoms with Gasteiger partial charge in [0.05, 0.1) is 31.5 Å². The van der Waals surface area contributed by atoms with E-state index in [1.54, 1.807) is 24.3 Å². The molecule has 0 amide bonds. The van der Waals surface area contributed by atoms with E-state index in [4.69, 9.17) is 46.4 Å². The third-order valence-electron chi connectivity index (χ3n) is 2.17. The van der Waals surface area contributed by atoms with Crippen molar-refractivity contribution >= 4 is 57.8 Å². The van der Waals surface area contributed by atoms with Gasteiger partial charge in [-0.1, -0.05) is 58.5 Å². The fourth-order valence-electron chi connectivity index (χ4n) is 1.35. The highest BCUT2D eigenvalue weighted by molar-refractivity contribution is 6.45. The highest BCUT2D eigenvalue weighted by Gasteiger charge is 2.08. The molecular formula is C12H7Cl4N. The second-order valence-electron chi connectivity index (χ2n) is 3.33. The molecule has 0 aliphatic rings. The second-order valence-corrected chi connectivity index (χ2v) is 4.90. The van der Waals surface area contributed by atoms with Gasteiger partial charge in [0.2, 0.25) is 0 Å². The minimum atomic E-state index is 0.449. The first-order chi connectivity index (χ1) is 8.09. The third-order valence-corrected chi connectivity index (χ3v) is 3.81. The van der Waals surface area contributed by atoms with E-state index in [-0.39, 0.29) is 0 Å². The molecule has 0 fully saturated rings. The molecule has 2 aromatic rings. The van der Waals surface area contributed by atoms with Gasteiger partial charge < -0.3 is 5.32 Å². The lowest BCUT2D eigenvalue weighted by Crippen LogP contribution is -1.92. The lowest BCUT2D eigenvalue weighted by molar-refractivity contribution is 1.55. The van der Waals surface area contributed by atoms with Crippen LogP contribution in [0.3, 0.4) is 0 Å². The first-order valence-electron chi connectivity index (χ1n) is 4.74. The molecule has 0 aromatic heterocycles. The largest absolute Gasteiger partial charge is 0.353 e. The monoisotopic (exact) mass is 305 g/mol. The maximum atomic E-state index is 6.06. The summed E-state index contributed by atoms with van der Waals surface area (Å²) >= 11 is 24.0. The summed E-state index contributed by atoms with van der Waals surface area (Å²) in [6.45, 7) is 0. The van der Waals surface area contributed by atoms with E-state index in [9.17, 15) is 0 Å². The molecule has 0 bridgehead atoms. The minimum Gasteiger partial charge on any atom is -0.353 e. The number of rotatable bonds is 2. The van der Waals surface area contributed by atoms with E-state index in [0.29, 0.717) is 31.5 Å². The zero-order valence-corrected chi connectivity index (χ0v) is 11.5. The van der Waals surface area contributed by atoms with Crippen molar-refractivity contribution in [2.24, 2.45) is 0 Å². The first kappa shape index (κ1) is 12.8. The Hall–Kier alpha value is -0.600. The van der Waals surface area contributed by atoms with Crippen molar-refractivity contribution in [2.45, 2.75) is 0 Å². The lowest BCUT2D eigenvalue weighted by Gasteiger charge is -2.11. The summed E-state index contributed by atoms with van der Waals surface area (Å²) in [4.78, 5) is 0. The van der Waals surface area contributed by atoms with Gasteiger partial charge >= 0.3 is 0 Å². The quantitative estimate of drug-likeness (QED) is 0.712. The summed E-state index contributed by atoms with van der Waals surface area (Å²) in [6, 6.07) is 10.7. The van der Waals surface area contributed by atoms with E-state index >= 15 is 0 Å². The topological polar surface area (TPSA) is 12.0 Å². The number of hydrogen-bond donors (Lipinski definition) is 1. The molecule has 0 heterocycles. The minimum absolute atomic E-state index is 0.449. The number of anilines is 2. The molecule has 2 rings (SSSR count). The molecule has 0 unspecified atom stereocenters. The van der Waals surface area contributed by atoms with E-state index < -0.39 is 0 Å². The van der Waals surface area contributed by atoms with Crippen LogP contribution in [0.5, 0.6) is 0 Å². The molecule has 0 aliphatic carbocycles. The first-order valence-corrected chi connectivity index (χ1v) is 6.26. The molecule has 5 heteroatoms. The average Bonchev–Trinajstić information content (AvgIpc) is 2.31. The Morgan fingerprint density at radius 1 is 0.647 bits per heavy atom. The summed E-state index contributed by atoms with van der Waals surface area (Å²) in [5.41, 5.74) is 1.37. The van der Waals surface area contributed by atoms with Crippen molar-refractivity contribution in [2.75, 3.05) is 5.32 Å².